The number of aryl methyl sites for hydroxylation is 1. The summed E-state index contributed by atoms with van der Waals surface area (Å²) in [7, 11) is 0. The van der Waals surface area contributed by atoms with Crippen LogP contribution in [0.25, 0.3) is 0 Å². The minimum Gasteiger partial charge on any atom is -0.384 e. The molecule has 0 bridgehead atoms. The van der Waals surface area contributed by atoms with Crippen molar-refractivity contribution in [1.29, 1.82) is 0 Å². The lowest BCUT2D eigenvalue weighted by Crippen LogP contribution is -2.09. The van der Waals surface area contributed by atoms with E-state index in [1.54, 1.807) is 19.1 Å². The zero-order valence-electron chi connectivity index (χ0n) is 8.57. The van der Waals surface area contributed by atoms with Crippen molar-refractivity contribution >= 4 is 17.4 Å². The zero-order valence-corrected chi connectivity index (χ0v) is 9.38. The summed E-state index contributed by atoms with van der Waals surface area (Å²) in [5.74, 6) is -0.465. The third-order valence-electron chi connectivity index (χ3n) is 1.87. The first-order valence-corrected chi connectivity index (χ1v) is 5.58. The number of halogens is 4. The molecule has 1 nitrogen and oxygen atoms in total. The van der Waals surface area contributed by atoms with E-state index in [1.807, 2.05) is 0 Å². The highest BCUT2D eigenvalue weighted by atomic mass is 32.2. The predicted octanol–water partition coefficient (Wildman–Crippen LogP) is 3.80. The van der Waals surface area contributed by atoms with Gasteiger partial charge in [-0.25, -0.2) is 4.39 Å². The molecule has 1 N–H and O–H groups in total. The van der Waals surface area contributed by atoms with Crippen LogP contribution >= 0.6 is 11.8 Å². The monoisotopic (exact) mass is 253 g/mol. The van der Waals surface area contributed by atoms with Gasteiger partial charge in [0.1, 0.15) is 5.82 Å². The molecule has 0 radical (unpaired) electrons. The summed E-state index contributed by atoms with van der Waals surface area (Å²) in [4.78, 5) is 0. The number of anilines is 1. The molecule has 0 aromatic heterocycles. The third kappa shape index (κ3) is 4.74. The van der Waals surface area contributed by atoms with Gasteiger partial charge in [-0.2, -0.15) is 13.2 Å². The molecule has 0 atom stereocenters. The summed E-state index contributed by atoms with van der Waals surface area (Å²) in [5, 5.41) is 2.72. The van der Waals surface area contributed by atoms with Gasteiger partial charge in [-0.15, -0.1) is 0 Å². The average molecular weight is 253 g/mol. The van der Waals surface area contributed by atoms with Crippen LogP contribution in [0.15, 0.2) is 18.2 Å². The number of benzene rings is 1. The Morgan fingerprint density at radius 3 is 2.56 bits per heavy atom. The summed E-state index contributed by atoms with van der Waals surface area (Å²) in [6.07, 6.45) is 0. The van der Waals surface area contributed by atoms with Crippen LogP contribution in [0.1, 0.15) is 5.56 Å². The van der Waals surface area contributed by atoms with Crippen molar-refractivity contribution in [2.75, 3.05) is 17.6 Å². The third-order valence-corrected chi connectivity index (χ3v) is 2.60. The normalized spacial score (nSPS) is 11.6. The minimum atomic E-state index is -4.21. The van der Waals surface area contributed by atoms with Gasteiger partial charge in [0.25, 0.3) is 0 Å². The van der Waals surface area contributed by atoms with Gasteiger partial charge < -0.3 is 5.32 Å². The van der Waals surface area contributed by atoms with Crippen LogP contribution in [0.2, 0.25) is 0 Å². The number of hydrogen-bond acceptors (Lipinski definition) is 2. The Bertz CT molecular complexity index is 351. The first kappa shape index (κ1) is 13.2. The number of thioether (sulfide) groups is 1. The lowest BCUT2D eigenvalue weighted by Gasteiger charge is -2.08. The highest BCUT2D eigenvalue weighted by Crippen LogP contribution is 2.29. The molecule has 0 aliphatic carbocycles. The van der Waals surface area contributed by atoms with Gasteiger partial charge in [-0.1, -0.05) is 6.07 Å². The Hall–Kier alpha value is -0.910. The van der Waals surface area contributed by atoms with E-state index in [-0.39, 0.29) is 29.9 Å². The molecule has 1 rings (SSSR count). The van der Waals surface area contributed by atoms with Crippen LogP contribution in [0.5, 0.6) is 0 Å². The van der Waals surface area contributed by atoms with E-state index in [2.05, 4.69) is 5.32 Å². The van der Waals surface area contributed by atoms with Crippen molar-refractivity contribution in [2.24, 2.45) is 0 Å². The van der Waals surface area contributed by atoms with Crippen molar-refractivity contribution in [3.05, 3.63) is 29.6 Å². The molecule has 0 spiro atoms. The van der Waals surface area contributed by atoms with Gasteiger partial charge in [0.2, 0.25) is 0 Å². The summed E-state index contributed by atoms with van der Waals surface area (Å²) >= 11 is -0.0961. The number of alkyl halides is 3. The smallest absolute Gasteiger partial charge is 0.384 e. The predicted molar refractivity (Wildman–Crippen MR) is 58.1 cm³/mol. The van der Waals surface area contributed by atoms with Crippen LogP contribution < -0.4 is 5.32 Å². The summed E-state index contributed by atoms with van der Waals surface area (Å²) in [6, 6.07) is 4.48. The number of rotatable bonds is 4. The summed E-state index contributed by atoms with van der Waals surface area (Å²) in [5.41, 5.74) is -3.21. The maximum atomic E-state index is 13.1. The number of hydrogen-bond donors (Lipinski definition) is 1. The maximum absolute atomic E-state index is 13.1. The SMILES string of the molecule is Cc1ccc(NCCSC(F)(F)F)cc1F. The average Bonchev–Trinajstić information content (AvgIpc) is 2.17. The fraction of sp³-hybridized carbons (Fsp3) is 0.400. The van der Waals surface area contributed by atoms with Crippen LogP contribution in [-0.4, -0.2) is 17.8 Å². The quantitative estimate of drug-likeness (QED) is 0.647. The Balaban J connectivity index is 2.35. The van der Waals surface area contributed by atoms with Crippen molar-refractivity contribution in [3.63, 3.8) is 0 Å². The lowest BCUT2D eigenvalue weighted by atomic mass is 10.2. The number of nitrogens with one attached hydrogen (secondary N) is 1. The van der Waals surface area contributed by atoms with Crippen molar-refractivity contribution in [1.82, 2.24) is 0 Å². The Labute approximate surface area is 95.2 Å². The van der Waals surface area contributed by atoms with E-state index >= 15 is 0 Å². The van der Waals surface area contributed by atoms with Gasteiger partial charge >= 0.3 is 5.51 Å². The van der Waals surface area contributed by atoms with E-state index in [0.717, 1.165) is 0 Å². The maximum Gasteiger partial charge on any atom is 0.441 e. The molecule has 0 saturated carbocycles. The molecule has 1 aromatic carbocycles. The zero-order chi connectivity index (χ0) is 12.2. The molecule has 0 aliphatic rings. The standard InChI is InChI=1S/C10H11F4NS/c1-7-2-3-8(6-9(7)11)15-4-5-16-10(12,13)14/h2-3,6,15H,4-5H2,1H3. The molecule has 0 aliphatic heterocycles. The highest BCUT2D eigenvalue weighted by molar-refractivity contribution is 8.00. The van der Waals surface area contributed by atoms with Crippen LogP contribution in [-0.2, 0) is 0 Å². The Kier molecular flexibility index (Phi) is 4.46. The topological polar surface area (TPSA) is 12.0 Å². The van der Waals surface area contributed by atoms with Crippen LogP contribution in [0.3, 0.4) is 0 Å². The Morgan fingerprint density at radius 1 is 1.31 bits per heavy atom. The second kappa shape index (κ2) is 5.43. The highest BCUT2D eigenvalue weighted by Gasteiger charge is 2.27. The molecule has 6 heteroatoms. The van der Waals surface area contributed by atoms with Gasteiger partial charge in [0, 0.05) is 18.0 Å². The fourth-order valence-corrected chi connectivity index (χ4v) is 1.50. The van der Waals surface area contributed by atoms with Gasteiger partial charge in [-0.3, -0.25) is 0 Å². The largest absolute Gasteiger partial charge is 0.441 e. The van der Waals surface area contributed by atoms with E-state index in [9.17, 15) is 17.6 Å². The van der Waals surface area contributed by atoms with Crippen LogP contribution in [0.4, 0.5) is 23.2 Å². The van der Waals surface area contributed by atoms with Crippen molar-refractivity contribution in [2.45, 2.75) is 12.4 Å². The molecule has 0 amide bonds. The molecular weight excluding hydrogens is 242 g/mol. The van der Waals surface area contributed by atoms with Crippen molar-refractivity contribution in [3.8, 4) is 0 Å². The lowest BCUT2D eigenvalue weighted by molar-refractivity contribution is -0.0327. The van der Waals surface area contributed by atoms with Gasteiger partial charge in [0.05, 0.1) is 0 Å². The first-order chi connectivity index (χ1) is 7.38. The van der Waals surface area contributed by atoms with E-state index in [0.29, 0.717) is 11.3 Å². The molecule has 0 fully saturated rings. The van der Waals surface area contributed by atoms with E-state index in [4.69, 9.17) is 0 Å². The van der Waals surface area contributed by atoms with Gasteiger partial charge in [0.15, 0.2) is 0 Å². The molecule has 0 heterocycles. The Morgan fingerprint density at radius 2 is 2.00 bits per heavy atom. The van der Waals surface area contributed by atoms with Crippen LogP contribution in [0, 0.1) is 12.7 Å². The fourth-order valence-electron chi connectivity index (χ4n) is 1.06. The second-order valence-corrected chi connectivity index (χ2v) is 4.34. The minimum absolute atomic E-state index is 0.0961. The van der Waals surface area contributed by atoms with Crippen molar-refractivity contribution < 1.29 is 17.6 Å². The molecule has 0 saturated heterocycles. The van der Waals surface area contributed by atoms with Gasteiger partial charge in [-0.05, 0) is 36.4 Å². The molecule has 16 heavy (non-hydrogen) atoms. The molecular formula is C10H11F4NS. The second-order valence-electron chi connectivity index (χ2n) is 3.18. The van der Waals surface area contributed by atoms with E-state index < -0.39 is 5.51 Å². The molecule has 90 valence electrons. The summed E-state index contributed by atoms with van der Waals surface area (Å²) < 4.78 is 48.4. The van der Waals surface area contributed by atoms with E-state index in [1.165, 1.54) is 6.07 Å². The molecule has 1 aromatic rings. The summed E-state index contributed by atoms with van der Waals surface area (Å²) in [6.45, 7) is 1.77. The first-order valence-electron chi connectivity index (χ1n) is 4.59. The molecule has 0 unspecified atom stereocenters.